The van der Waals surface area contributed by atoms with E-state index in [0.29, 0.717) is 22.3 Å². The van der Waals surface area contributed by atoms with E-state index in [1.54, 1.807) is 25.3 Å². The van der Waals surface area contributed by atoms with Crippen molar-refractivity contribution in [2.75, 3.05) is 50.1 Å². The summed E-state index contributed by atoms with van der Waals surface area (Å²) >= 11 is 12.2. The summed E-state index contributed by atoms with van der Waals surface area (Å²) in [6, 6.07) is 13.2. The van der Waals surface area contributed by atoms with Gasteiger partial charge < -0.3 is 15.0 Å². The summed E-state index contributed by atoms with van der Waals surface area (Å²) in [6.45, 7) is 3.63. The molecule has 0 saturated carbocycles. The molecule has 1 saturated heterocycles. The average Bonchev–Trinajstić information content (AvgIpc) is 2.65. The highest BCUT2D eigenvalue weighted by molar-refractivity contribution is 6.39. The number of ether oxygens (including phenoxy) is 1. The van der Waals surface area contributed by atoms with Crippen LogP contribution in [-0.2, 0) is 4.79 Å². The summed E-state index contributed by atoms with van der Waals surface area (Å²) in [7, 11) is 1.67. The molecule has 3 rings (SSSR count). The third kappa shape index (κ3) is 4.61. The van der Waals surface area contributed by atoms with Gasteiger partial charge in [-0.2, -0.15) is 0 Å². The Bertz CT molecular complexity index is 757. The number of anilines is 2. The zero-order valence-electron chi connectivity index (χ0n) is 14.5. The molecule has 26 heavy (non-hydrogen) atoms. The lowest BCUT2D eigenvalue weighted by atomic mass is 10.2. The lowest BCUT2D eigenvalue weighted by Gasteiger charge is -2.35. The van der Waals surface area contributed by atoms with Gasteiger partial charge >= 0.3 is 0 Å². The van der Waals surface area contributed by atoms with Crippen LogP contribution in [0.2, 0.25) is 10.0 Å². The summed E-state index contributed by atoms with van der Waals surface area (Å²) in [5.41, 5.74) is 1.60. The molecule has 0 spiro atoms. The minimum absolute atomic E-state index is 0.116. The molecule has 0 atom stereocenters. The highest BCUT2D eigenvalue weighted by Gasteiger charge is 2.20. The molecule has 0 radical (unpaired) electrons. The van der Waals surface area contributed by atoms with Crippen LogP contribution in [0.25, 0.3) is 0 Å². The Morgan fingerprint density at radius 3 is 2.38 bits per heavy atom. The fourth-order valence-electron chi connectivity index (χ4n) is 2.97. The second-order valence-electron chi connectivity index (χ2n) is 6.11. The molecule has 2 aromatic rings. The van der Waals surface area contributed by atoms with Crippen LogP contribution in [0.4, 0.5) is 11.4 Å². The first-order valence-electron chi connectivity index (χ1n) is 8.42. The van der Waals surface area contributed by atoms with E-state index in [1.165, 1.54) is 0 Å². The van der Waals surface area contributed by atoms with E-state index >= 15 is 0 Å². The molecule has 1 aliphatic rings. The van der Waals surface area contributed by atoms with Gasteiger partial charge in [-0.1, -0.05) is 35.3 Å². The number of piperazine rings is 1. The molecule has 1 aliphatic heterocycles. The molecule has 1 amide bonds. The van der Waals surface area contributed by atoms with Crippen LogP contribution in [0, 0.1) is 0 Å². The van der Waals surface area contributed by atoms with Gasteiger partial charge in [0.25, 0.3) is 0 Å². The summed E-state index contributed by atoms with van der Waals surface area (Å²) in [4.78, 5) is 16.7. The summed E-state index contributed by atoms with van der Waals surface area (Å²) in [5.74, 6) is 0.732. The lowest BCUT2D eigenvalue weighted by molar-refractivity contribution is -0.117. The minimum atomic E-state index is -0.116. The molecular weight excluding hydrogens is 373 g/mol. The van der Waals surface area contributed by atoms with E-state index in [1.807, 2.05) is 18.2 Å². The fraction of sp³-hybridized carbons (Fsp3) is 0.316. The van der Waals surface area contributed by atoms with Crippen LogP contribution in [0.3, 0.4) is 0 Å². The van der Waals surface area contributed by atoms with Crippen LogP contribution in [0.15, 0.2) is 42.5 Å². The van der Waals surface area contributed by atoms with Crippen molar-refractivity contribution in [2.45, 2.75) is 0 Å². The molecule has 0 aromatic heterocycles. The average molecular weight is 394 g/mol. The van der Waals surface area contributed by atoms with E-state index in [4.69, 9.17) is 27.9 Å². The Balaban J connectivity index is 1.53. The third-order valence-corrected chi connectivity index (χ3v) is 5.02. The smallest absolute Gasteiger partial charge is 0.238 e. The molecule has 2 aromatic carbocycles. The van der Waals surface area contributed by atoms with Crippen molar-refractivity contribution in [1.29, 1.82) is 0 Å². The van der Waals surface area contributed by atoms with Gasteiger partial charge in [0.05, 0.1) is 29.4 Å². The standard InChI is InChI=1S/C19H21Cl2N3O2/c1-26-15-5-2-4-14(12-15)24-10-8-23(9-11-24)13-18(25)22-19-16(20)6-3-7-17(19)21/h2-7,12H,8-11,13H2,1H3,(H,22,25). The maximum absolute atomic E-state index is 12.3. The number of nitrogens with zero attached hydrogens (tertiary/aromatic N) is 2. The number of carbonyl (C=O) groups is 1. The molecule has 1 N–H and O–H groups in total. The molecule has 138 valence electrons. The molecular formula is C19H21Cl2N3O2. The monoisotopic (exact) mass is 393 g/mol. The van der Waals surface area contributed by atoms with Crippen molar-refractivity contribution in [2.24, 2.45) is 0 Å². The number of methoxy groups -OCH3 is 1. The van der Waals surface area contributed by atoms with Gasteiger partial charge in [0, 0.05) is 37.9 Å². The molecule has 0 unspecified atom stereocenters. The lowest BCUT2D eigenvalue weighted by Crippen LogP contribution is -2.48. The van der Waals surface area contributed by atoms with Gasteiger partial charge in [-0.05, 0) is 24.3 Å². The molecule has 0 aliphatic carbocycles. The fourth-order valence-corrected chi connectivity index (χ4v) is 3.46. The van der Waals surface area contributed by atoms with Gasteiger partial charge in [0.15, 0.2) is 0 Å². The predicted molar refractivity (Wildman–Crippen MR) is 107 cm³/mol. The molecule has 0 bridgehead atoms. The largest absolute Gasteiger partial charge is 0.497 e. The minimum Gasteiger partial charge on any atom is -0.497 e. The highest BCUT2D eigenvalue weighted by atomic mass is 35.5. The van der Waals surface area contributed by atoms with Crippen LogP contribution >= 0.6 is 23.2 Å². The number of amides is 1. The number of carbonyl (C=O) groups excluding carboxylic acids is 1. The maximum atomic E-state index is 12.3. The third-order valence-electron chi connectivity index (χ3n) is 4.39. The molecule has 1 heterocycles. The van der Waals surface area contributed by atoms with Crippen molar-refractivity contribution in [3.8, 4) is 5.75 Å². The normalized spacial score (nSPS) is 15.0. The van der Waals surface area contributed by atoms with Crippen LogP contribution < -0.4 is 15.0 Å². The zero-order valence-corrected chi connectivity index (χ0v) is 16.1. The first-order valence-corrected chi connectivity index (χ1v) is 9.17. The molecule has 7 heteroatoms. The SMILES string of the molecule is COc1cccc(N2CCN(CC(=O)Nc3c(Cl)cccc3Cl)CC2)c1. The Morgan fingerprint density at radius 2 is 1.73 bits per heavy atom. The van der Waals surface area contributed by atoms with Gasteiger partial charge in [-0.25, -0.2) is 0 Å². The zero-order chi connectivity index (χ0) is 18.5. The maximum Gasteiger partial charge on any atom is 0.238 e. The molecule has 1 fully saturated rings. The van der Waals surface area contributed by atoms with Crippen molar-refractivity contribution in [1.82, 2.24) is 4.90 Å². The quantitative estimate of drug-likeness (QED) is 0.839. The van der Waals surface area contributed by atoms with Crippen LogP contribution in [0.5, 0.6) is 5.75 Å². The first kappa shape index (κ1) is 18.8. The number of hydrogen-bond acceptors (Lipinski definition) is 4. The van der Waals surface area contributed by atoms with Gasteiger partial charge in [-0.3, -0.25) is 9.69 Å². The summed E-state index contributed by atoms with van der Waals surface area (Å²) < 4.78 is 5.28. The Morgan fingerprint density at radius 1 is 1.08 bits per heavy atom. The van der Waals surface area contributed by atoms with Crippen molar-refractivity contribution in [3.05, 3.63) is 52.5 Å². The van der Waals surface area contributed by atoms with Crippen LogP contribution in [-0.4, -0.2) is 50.6 Å². The van der Waals surface area contributed by atoms with E-state index in [9.17, 15) is 4.79 Å². The summed E-state index contributed by atoms with van der Waals surface area (Å²) in [6.07, 6.45) is 0. The second-order valence-corrected chi connectivity index (χ2v) is 6.92. The highest BCUT2D eigenvalue weighted by Crippen LogP contribution is 2.29. The van der Waals surface area contributed by atoms with E-state index in [-0.39, 0.29) is 5.91 Å². The van der Waals surface area contributed by atoms with Crippen molar-refractivity contribution >= 4 is 40.5 Å². The predicted octanol–water partition coefficient (Wildman–Crippen LogP) is 3.76. The number of hydrogen-bond donors (Lipinski definition) is 1. The first-order chi connectivity index (χ1) is 12.6. The number of nitrogens with one attached hydrogen (secondary N) is 1. The Labute approximate surface area is 163 Å². The van der Waals surface area contributed by atoms with E-state index < -0.39 is 0 Å². The Kier molecular flexibility index (Phi) is 6.25. The van der Waals surface area contributed by atoms with Gasteiger partial charge in [-0.15, -0.1) is 0 Å². The van der Waals surface area contributed by atoms with E-state index in [0.717, 1.165) is 37.6 Å². The van der Waals surface area contributed by atoms with Crippen molar-refractivity contribution in [3.63, 3.8) is 0 Å². The molecule has 5 nitrogen and oxygen atoms in total. The van der Waals surface area contributed by atoms with Crippen molar-refractivity contribution < 1.29 is 9.53 Å². The van der Waals surface area contributed by atoms with Crippen LogP contribution in [0.1, 0.15) is 0 Å². The number of halogens is 2. The Hall–Kier alpha value is -1.95. The summed E-state index contributed by atoms with van der Waals surface area (Å²) in [5, 5.41) is 3.69. The number of para-hydroxylation sites is 1. The van der Waals surface area contributed by atoms with Gasteiger partial charge in [0.2, 0.25) is 5.91 Å². The second kappa shape index (κ2) is 8.62. The van der Waals surface area contributed by atoms with E-state index in [2.05, 4.69) is 21.2 Å². The number of benzene rings is 2. The van der Waals surface area contributed by atoms with Gasteiger partial charge in [0.1, 0.15) is 5.75 Å². The topological polar surface area (TPSA) is 44.8 Å². The number of rotatable bonds is 5.